The minimum absolute atomic E-state index is 0.113. The lowest BCUT2D eigenvalue weighted by atomic mass is 9.72. The molecule has 0 bridgehead atoms. The first-order valence-corrected chi connectivity index (χ1v) is 8.55. The predicted molar refractivity (Wildman–Crippen MR) is 98.6 cm³/mol. The zero-order valence-corrected chi connectivity index (χ0v) is 14.4. The van der Waals surface area contributed by atoms with Crippen molar-refractivity contribution in [1.29, 1.82) is 0 Å². The van der Waals surface area contributed by atoms with Crippen molar-refractivity contribution in [3.63, 3.8) is 0 Å². The second-order valence-corrected chi connectivity index (χ2v) is 6.68. The van der Waals surface area contributed by atoms with Gasteiger partial charge in [0.15, 0.2) is 0 Å². The normalized spacial score (nSPS) is 16.8. The van der Waals surface area contributed by atoms with Crippen LogP contribution in [0.15, 0.2) is 48.9 Å². The van der Waals surface area contributed by atoms with E-state index in [1.54, 1.807) is 0 Å². The number of hydrogen-bond acceptors (Lipinski definition) is 4. The first kappa shape index (κ1) is 16.7. The summed E-state index contributed by atoms with van der Waals surface area (Å²) in [7, 11) is 1.95. The van der Waals surface area contributed by atoms with E-state index in [1.165, 1.54) is 11.1 Å². The molecule has 2 heterocycles. The summed E-state index contributed by atoms with van der Waals surface area (Å²) < 4.78 is 1.84. The molecule has 0 aliphatic carbocycles. The van der Waals surface area contributed by atoms with Gasteiger partial charge in [0.05, 0.1) is 6.20 Å². The minimum atomic E-state index is 0.113. The number of aromatic nitrogens is 2. The van der Waals surface area contributed by atoms with E-state index in [0.29, 0.717) is 6.54 Å². The number of piperidine rings is 1. The third-order valence-electron chi connectivity index (χ3n) is 5.00. The molecule has 128 valence electrons. The summed E-state index contributed by atoms with van der Waals surface area (Å²) in [6.07, 6.45) is 6.19. The largest absolute Gasteiger partial charge is 0.387 e. The lowest BCUT2D eigenvalue weighted by Gasteiger charge is -2.39. The monoisotopic (exact) mass is 325 g/mol. The van der Waals surface area contributed by atoms with Gasteiger partial charge < -0.3 is 16.4 Å². The highest BCUT2D eigenvalue weighted by atomic mass is 15.2. The first-order valence-electron chi connectivity index (χ1n) is 8.55. The molecule has 0 spiro atoms. The highest BCUT2D eigenvalue weighted by Gasteiger charge is 2.34. The van der Waals surface area contributed by atoms with Gasteiger partial charge in [-0.25, -0.2) is 0 Å². The maximum Gasteiger partial charge on any atom is 0.0568 e. The quantitative estimate of drug-likeness (QED) is 0.757. The molecular weight excluding hydrogens is 298 g/mol. The molecule has 2 aromatic rings. The Morgan fingerprint density at radius 3 is 2.83 bits per heavy atom. The Kier molecular flexibility index (Phi) is 5.02. The highest BCUT2D eigenvalue weighted by molar-refractivity contribution is 5.63. The Hall–Kier alpha value is -2.11. The van der Waals surface area contributed by atoms with Gasteiger partial charge in [-0.1, -0.05) is 30.8 Å². The van der Waals surface area contributed by atoms with Gasteiger partial charge in [0.2, 0.25) is 0 Å². The fraction of sp³-hybridized carbons (Fsp3) is 0.421. The number of aryl methyl sites for hydroxylation is 1. The summed E-state index contributed by atoms with van der Waals surface area (Å²) in [5.74, 6) is 0. The Balaban J connectivity index is 1.91. The maximum atomic E-state index is 5.69. The molecule has 0 unspecified atom stereocenters. The summed E-state index contributed by atoms with van der Waals surface area (Å²) in [4.78, 5) is 0. The van der Waals surface area contributed by atoms with E-state index in [2.05, 4.69) is 52.8 Å². The number of rotatable bonds is 6. The number of hydrogen-bond donors (Lipinski definition) is 3. The molecule has 1 saturated heterocycles. The Morgan fingerprint density at radius 1 is 1.38 bits per heavy atom. The van der Waals surface area contributed by atoms with Crippen LogP contribution in [-0.2, 0) is 12.5 Å². The van der Waals surface area contributed by atoms with E-state index < -0.39 is 0 Å². The molecule has 1 aromatic carbocycles. The summed E-state index contributed by atoms with van der Waals surface area (Å²) in [5, 5.41) is 11.2. The molecule has 1 aliphatic heterocycles. The van der Waals surface area contributed by atoms with Crippen LogP contribution >= 0.6 is 0 Å². The lowest BCUT2D eigenvalue weighted by Crippen LogP contribution is -2.46. The summed E-state index contributed by atoms with van der Waals surface area (Å²) in [6.45, 7) is 7.41. The van der Waals surface area contributed by atoms with Crippen LogP contribution in [-0.4, -0.2) is 36.0 Å². The average molecular weight is 325 g/mol. The van der Waals surface area contributed by atoms with Crippen molar-refractivity contribution in [2.24, 2.45) is 12.8 Å². The van der Waals surface area contributed by atoms with Crippen molar-refractivity contribution in [3.8, 4) is 11.1 Å². The third kappa shape index (κ3) is 3.52. The number of nitrogens with two attached hydrogens (primary N) is 1. The fourth-order valence-electron chi connectivity index (χ4n) is 3.44. The summed E-state index contributed by atoms with van der Waals surface area (Å²) in [6, 6.07) is 8.87. The van der Waals surface area contributed by atoms with Crippen LogP contribution in [0.5, 0.6) is 0 Å². The van der Waals surface area contributed by atoms with Gasteiger partial charge in [0, 0.05) is 43.0 Å². The fourth-order valence-corrected chi connectivity index (χ4v) is 3.44. The summed E-state index contributed by atoms with van der Waals surface area (Å²) in [5.41, 5.74) is 10.5. The lowest BCUT2D eigenvalue weighted by molar-refractivity contribution is 0.300. The second kappa shape index (κ2) is 7.20. The van der Waals surface area contributed by atoms with Crippen LogP contribution in [0.2, 0.25) is 0 Å². The standard InChI is InChI=1S/C19H27N5/c1-15(11-20)22-14-19(6-8-21-9-7-19)18-5-3-4-16(10-18)17-12-23-24(2)13-17/h3-5,10,12-13,21-22H,1,6-9,11,14,20H2,2H3. The van der Waals surface area contributed by atoms with Crippen LogP contribution in [0, 0.1) is 0 Å². The van der Waals surface area contributed by atoms with E-state index in [0.717, 1.165) is 43.7 Å². The van der Waals surface area contributed by atoms with Gasteiger partial charge in [-0.3, -0.25) is 4.68 Å². The third-order valence-corrected chi connectivity index (χ3v) is 5.00. The Labute approximate surface area is 143 Å². The van der Waals surface area contributed by atoms with Crippen molar-refractivity contribution < 1.29 is 0 Å². The molecule has 24 heavy (non-hydrogen) atoms. The predicted octanol–water partition coefficient (Wildman–Crippen LogP) is 1.77. The van der Waals surface area contributed by atoms with E-state index in [-0.39, 0.29) is 5.41 Å². The van der Waals surface area contributed by atoms with E-state index in [4.69, 9.17) is 5.73 Å². The first-order chi connectivity index (χ1) is 11.6. The van der Waals surface area contributed by atoms with Gasteiger partial charge in [-0.2, -0.15) is 5.10 Å². The van der Waals surface area contributed by atoms with Crippen molar-refractivity contribution in [1.82, 2.24) is 20.4 Å². The molecule has 5 heteroatoms. The Bertz CT molecular complexity index is 697. The van der Waals surface area contributed by atoms with Crippen LogP contribution in [0.3, 0.4) is 0 Å². The van der Waals surface area contributed by atoms with Gasteiger partial charge in [-0.05, 0) is 37.1 Å². The van der Waals surface area contributed by atoms with Gasteiger partial charge >= 0.3 is 0 Å². The molecular formula is C19H27N5. The van der Waals surface area contributed by atoms with Crippen molar-refractivity contribution in [2.45, 2.75) is 18.3 Å². The zero-order chi connectivity index (χ0) is 17.0. The molecule has 5 nitrogen and oxygen atoms in total. The van der Waals surface area contributed by atoms with E-state index in [1.807, 2.05) is 17.9 Å². The van der Waals surface area contributed by atoms with Crippen LogP contribution in [0.25, 0.3) is 11.1 Å². The maximum absolute atomic E-state index is 5.69. The molecule has 4 N–H and O–H groups in total. The van der Waals surface area contributed by atoms with Crippen molar-refractivity contribution in [3.05, 3.63) is 54.5 Å². The van der Waals surface area contributed by atoms with E-state index >= 15 is 0 Å². The van der Waals surface area contributed by atoms with Crippen LogP contribution in [0.1, 0.15) is 18.4 Å². The smallest absolute Gasteiger partial charge is 0.0568 e. The molecule has 0 atom stereocenters. The molecule has 0 amide bonds. The average Bonchev–Trinajstić information content (AvgIpc) is 3.07. The number of benzene rings is 1. The summed E-state index contributed by atoms with van der Waals surface area (Å²) >= 11 is 0. The number of nitrogens with zero attached hydrogens (tertiary/aromatic N) is 2. The second-order valence-electron chi connectivity index (χ2n) is 6.68. The van der Waals surface area contributed by atoms with Gasteiger partial charge in [0.1, 0.15) is 0 Å². The van der Waals surface area contributed by atoms with Crippen LogP contribution in [0.4, 0.5) is 0 Å². The van der Waals surface area contributed by atoms with Gasteiger partial charge in [-0.15, -0.1) is 0 Å². The number of nitrogens with one attached hydrogen (secondary N) is 2. The van der Waals surface area contributed by atoms with Crippen LogP contribution < -0.4 is 16.4 Å². The minimum Gasteiger partial charge on any atom is -0.387 e. The molecule has 1 aromatic heterocycles. The van der Waals surface area contributed by atoms with Gasteiger partial charge in [0.25, 0.3) is 0 Å². The van der Waals surface area contributed by atoms with Crippen molar-refractivity contribution in [2.75, 3.05) is 26.2 Å². The SMILES string of the molecule is C=C(CN)NCC1(c2cccc(-c3cnn(C)c3)c2)CCNCC1. The molecule has 0 saturated carbocycles. The van der Waals surface area contributed by atoms with Crippen molar-refractivity contribution >= 4 is 0 Å². The molecule has 1 aliphatic rings. The zero-order valence-electron chi connectivity index (χ0n) is 14.4. The molecule has 1 fully saturated rings. The van der Waals surface area contributed by atoms with E-state index in [9.17, 15) is 0 Å². The topological polar surface area (TPSA) is 67.9 Å². The Morgan fingerprint density at radius 2 is 2.17 bits per heavy atom. The highest BCUT2D eigenvalue weighted by Crippen LogP contribution is 2.35. The molecule has 0 radical (unpaired) electrons. The molecule has 3 rings (SSSR count).